The number of carbonyl (C=O) groups is 1. The van der Waals surface area contributed by atoms with E-state index in [4.69, 9.17) is 4.42 Å². The summed E-state index contributed by atoms with van der Waals surface area (Å²) in [5.74, 6) is 1.51. The smallest absolute Gasteiger partial charge is 0.251 e. The van der Waals surface area contributed by atoms with Crippen LogP contribution in [0.1, 0.15) is 22.0 Å². The quantitative estimate of drug-likeness (QED) is 0.913. The number of hydrogen-bond donors (Lipinski definition) is 1. The standard InChI is InChI=1S/C17H19FN2O2S/c18-15-3-1-2-13(10-15)17(21)19-11-16(14-4-7-22-12-14)20-5-8-23-9-6-20/h1-4,7,10,12,16H,5-6,8-9,11H2,(H,19,21)/t16-/m1/s1. The summed E-state index contributed by atoms with van der Waals surface area (Å²) in [4.78, 5) is 14.6. The van der Waals surface area contributed by atoms with Gasteiger partial charge in [0.15, 0.2) is 0 Å². The van der Waals surface area contributed by atoms with Crippen molar-refractivity contribution in [2.75, 3.05) is 31.1 Å². The van der Waals surface area contributed by atoms with Gasteiger partial charge in [-0.1, -0.05) is 6.07 Å². The van der Waals surface area contributed by atoms with Gasteiger partial charge in [0.05, 0.1) is 18.6 Å². The SMILES string of the molecule is O=C(NC[C@H](c1ccoc1)N1CCSCC1)c1cccc(F)c1. The van der Waals surface area contributed by atoms with Crippen molar-refractivity contribution in [3.8, 4) is 0 Å². The number of nitrogens with one attached hydrogen (secondary N) is 1. The molecule has 0 bridgehead atoms. The van der Waals surface area contributed by atoms with Crippen LogP contribution in [0.4, 0.5) is 4.39 Å². The van der Waals surface area contributed by atoms with E-state index >= 15 is 0 Å². The lowest BCUT2D eigenvalue weighted by Crippen LogP contribution is -2.41. The Labute approximate surface area is 139 Å². The minimum Gasteiger partial charge on any atom is -0.472 e. The molecule has 0 aliphatic carbocycles. The maximum absolute atomic E-state index is 13.2. The van der Waals surface area contributed by atoms with E-state index < -0.39 is 5.82 Å². The van der Waals surface area contributed by atoms with Crippen LogP contribution in [0.25, 0.3) is 0 Å². The van der Waals surface area contributed by atoms with Gasteiger partial charge < -0.3 is 9.73 Å². The summed E-state index contributed by atoms with van der Waals surface area (Å²) >= 11 is 1.94. The fourth-order valence-electron chi connectivity index (χ4n) is 2.73. The third kappa shape index (κ3) is 4.14. The van der Waals surface area contributed by atoms with E-state index in [-0.39, 0.29) is 11.9 Å². The minimum absolute atomic E-state index is 0.0761. The van der Waals surface area contributed by atoms with Gasteiger partial charge in [-0.2, -0.15) is 11.8 Å². The van der Waals surface area contributed by atoms with Crippen LogP contribution in [-0.2, 0) is 0 Å². The largest absolute Gasteiger partial charge is 0.472 e. The summed E-state index contributed by atoms with van der Waals surface area (Å²) in [6, 6.07) is 7.74. The number of benzene rings is 1. The van der Waals surface area contributed by atoms with Gasteiger partial charge in [0.1, 0.15) is 5.82 Å². The lowest BCUT2D eigenvalue weighted by Gasteiger charge is -2.34. The van der Waals surface area contributed by atoms with Crippen LogP contribution >= 0.6 is 11.8 Å². The third-order valence-electron chi connectivity index (χ3n) is 3.96. The molecule has 3 rings (SSSR count). The molecule has 0 saturated carbocycles. The van der Waals surface area contributed by atoms with Crippen molar-refractivity contribution >= 4 is 17.7 Å². The molecule has 0 spiro atoms. The number of nitrogens with zero attached hydrogens (tertiary/aromatic N) is 1. The lowest BCUT2D eigenvalue weighted by molar-refractivity contribution is 0.0934. The van der Waals surface area contributed by atoms with E-state index in [2.05, 4.69) is 10.2 Å². The molecule has 6 heteroatoms. The second kappa shape index (κ2) is 7.66. The molecule has 1 amide bonds. The lowest BCUT2D eigenvalue weighted by atomic mass is 10.1. The van der Waals surface area contributed by atoms with E-state index in [0.29, 0.717) is 12.1 Å². The fraction of sp³-hybridized carbons (Fsp3) is 0.353. The van der Waals surface area contributed by atoms with E-state index in [0.717, 1.165) is 30.2 Å². The van der Waals surface area contributed by atoms with Crippen molar-refractivity contribution in [2.24, 2.45) is 0 Å². The highest BCUT2D eigenvalue weighted by Gasteiger charge is 2.24. The highest BCUT2D eigenvalue weighted by molar-refractivity contribution is 7.99. The summed E-state index contributed by atoms with van der Waals surface area (Å²) in [5, 5.41) is 2.92. The monoisotopic (exact) mass is 334 g/mol. The van der Waals surface area contributed by atoms with Crippen molar-refractivity contribution in [1.82, 2.24) is 10.2 Å². The number of hydrogen-bond acceptors (Lipinski definition) is 4. The molecule has 1 saturated heterocycles. The summed E-state index contributed by atoms with van der Waals surface area (Å²) in [6.45, 7) is 2.44. The Morgan fingerprint density at radius 3 is 2.87 bits per heavy atom. The Kier molecular flexibility index (Phi) is 5.35. The van der Waals surface area contributed by atoms with Gasteiger partial charge in [0.2, 0.25) is 0 Å². The number of carbonyl (C=O) groups excluding carboxylic acids is 1. The molecule has 2 heterocycles. The predicted molar refractivity (Wildman–Crippen MR) is 89.1 cm³/mol. The van der Waals surface area contributed by atoms with Crippen LogP contribution in [0.15, 0.2) is 47.3 Å². The van der Waals surface area contributed by atoms with Gasteiger partial charge in [-0.15, -0.1) is 0 Å². The molecule has 4 nitrogen and oxygen atoms in total. The second-order valence-corrected chi connectivity index (χ2v) is 6.67. The summed E-state index contributed by atoms with van der Waals surface area (Å²) in [6.07, 6.45) is 3.37. The molecule has 2 aromatic rings. The molecule has 23 heavy (non-hydrogen) atoms. The highest BCUT2D eigenvalue weighted by Crippen LogP contribution is 2.24. The summed E-state index contributed by atoms with van der Waals surface area (Å²) < 4.78 is 18.4. The number of halogens is 1. The van der Waals surface area contributed by atoms with E-state index in [1.54, 1.807) is 24.7 Å². The van der Waals surface area contributed by atoms with E-state index in [1.165, 1.54) is 12.1 Å². The molecule has 1 atom stereocenters. The van der Waals surface area contributed by atoms with E-state index in [1.807, 2.05) is 17.8 Å². The Bertz CT molecular complexity index is 642. The Balaban J connectivity index is 1.67. The zero-order valence-electron chi connectivity index (χ0n) is 12.7. The number of thioether (sulfide) groups is 1. The molecular formula is C17H19FN2O2S. The Morgan fingerprint density at radius 2 is 2.17 bits per heavy atom. The first-order chi connectivity index (χ1) is 11.2. The predicted octanol–water partition coefficient (Wildman–Crippen LogP) is 2.94. The fourth-order valence-corrected chi connectivity index (χ4v) is 3.66. The first-order valence-electron chi connectivity index (χ1n) is 7.62. The average molecular weight is 334 g/mol. The average Bonchev–Trinajstić information content (AvgIpc) is 3.10. The molecule has 1 fully saturated rings. The molecule has 1 aliphatic rings. The van der Waals surface area contributed by atoms with Crippen LogP contribution in [0, 0.1) is 5.82 Å². The molecular weight excluding hydrogens is 315 g/mol. The Hall–Kier alpha value is -1.79. The van der Waals surface area contributed by atoms with Gasteiger partial charge in [0, 0.05) is 42.3 Å². The van der Waals surface area contributed by atoms with Crippen LogP contribution < -0.4 is 5.32 Å². The van der Waals surface area contributed by atoms with E-state index in [9.17, 15) is 9.18 Å². The molecule has 0 unspecified atom stereocenters. The molecule has 1 N–H and O–H groups in total. The summed E-state index contributed by atoms with van der Waals surface area (Å²) in [7, 11) is 0. The minimum atomic E-state index is -0.405. The Morgan fingerprint density at radius 1 is 1.35 bits per heavy atom. The molecule has 0 radical (unpaired) electrons. The third-order valence-corrected chi connectivity index (χ3v) is 4.90. The van der Waals surface area contributed by atoms with Crippen molar-refractivity contribution < 1.29 is 13.6 Å². The topological polar surface area (TPSA) is 45.5 Å². The van der Waals surface area contributed by atoms with Crippen LogP contribution in [-0.4, -0.2) is 41.9 Å². The van der Waals surface area contributed by atoms with Gasteiger partial charge in [-0.05, 0) is 24.3 Å². The first-order valence-corrected chi connectivity index (χ1v) is 8.77. The summed E-state index contributed by atoms with van der Waals surface area (Å²) in [5.41, 5.74) is 1.39. The number of rotatable bonds is 5. The zero-order valence-corrected chi connectivity index (χ0v) is 13.5. The molecule has 1 aromatic carbocycles. The van der Waals surface area contributed by atoms with Crippen LogP contribution in [0.5, 0.6) is 0 Å². The highest BCUT2D eigenvalue weighted by atomic mass is 32.2. The molecule has 122 valence electrons. The van der Waals surface area contributed by atoms with Gasteiger partial charge >= 0.3 is 0 Å². The molecule has 1 aliphatic heterocycles. The number of amides is 1. The number of furan rings is 1. The first kappa shape index (κ1) is 16.1. The van der Waals surface area contributed by atoms with Gasteiger partial charge in [0.25, 0.3) is 5.91 Å². The van der Waals surface area contributed by atoms with Crippen molar-refractivity contribution in [1.29, 1.82) is 0 Å². The normalized spacial score (nSPS) is 16.9. The van der Waals surface area contributed by atoms with Crippen molar-refractivity contribution in [3.63, 3.8) is 0 Å². The van der Waals surface area contributed by atoms with Crippen molar-refractivity contribution in [2.45, 2.75) is 6.04 Å². The van der Waals surface area contributed by atoms with Crippen LogP contribution in [0.3, 0.4) is 0 Å². The maximum atomic E-state index is 13.2. The zero-order chi connectivity index (χ0) is 16.1. The molecule has 1 aromatic heterocycles. The maximum Gasteiger partial charge on any atom is 0.251 e. The van der Waals surface area contributed by atoms with Crippen molar-refractivity contribution in [3.05, 3.63) is 59.8 Å². The van der Waals surface area contributed by atoms with Gasteiger partial charge in [-0.3, -0.25) is 9.69 Å². The van der Waals surface area contributed by atoms with Crippen LogP contribution in [0.2, 0.25) is 0 Å². The second-order valence-electron chi connectivity index (χ2n) is 5.44. The van der Waals surface area contributed by atoms with Gasteiger partial charge in [-0.25, -0.2) is 4.39 Å².